The molecule has 1 N–H and O–H groups in total. The standard InChI is InChI=1S/C13H15F2NO3/c1-3-16(7-8(2)13(18)19)12(17)11-9(14)5-4-6-10(11)15/h4-6,8H,3,7H2,1-2H3,(H,18,19). The monoisotopic (exact) mass is 271 g/mol. The Kier molecular flexibility index (Phi) is 4.97. The molecule has 0 aliphatic heterocycles. The van der Waals surface area contributed by atoms with Gasteiger partial charge in [-0.3, -0.25) is 9.59 Å². The third-order valence-electron chi connectivity index (χ3n) is 2.76. The Bertz CT molecular complexity index is 471. The van der Waals surface area contributed by atoms with E-state index >= 15 is 0 Å². The number of rotatable bonds is 5. The van der Waals surface area contributed by atoms with Crippen LogP contribution in [0.4, 0.5) is 8.78 Å². The summed E-state index contributed by atoms with van der Waals surface area (Å²) in [5.41, 5.74) is -0.651. The maximum absolute atomic E-state index is 13.5. The van der Waals surface area contributed by atoms with Crippen molar-refractivity contribution in [3.63, 3.8) is 0 Å². The van der Waals surface area contributed by atoms with Crippen LogP contribution in [-0.4, -0.2) is 35.0 Å². The molecule has 0 aromatic heterocycles. The predicted octanol–water partition coefficient (Wildman–Crippen LogP) is 2.15. The number of halogens is 2. The molecule has 0 aliphatic rings. The zero-order valence-corrected chi connectivity index (χ0v) is 10.7. The Labute approximate surface area is 109 Å². The molecule has 1 aromatic carbocycles. The zero-order valence-electron chi connectivity index (χ0n) is 10.7. The van der Waals surface area contributed by atoms with E-state index in [-0.39, 0.29) is 13.1 Å². The lowest BCUT2D eigenvalue weighted by Crippen LogP contribution is -2.37. The number of hydrogen-bond acceptors (Lipinski definition) is 2. The van der Waals surface area contributed by atoms with Crippen molar-refractivity contribution in [3.8, 4) is 0 Å². The number of carboxylic acids is 1. The third kappa shape index (κ3) is 3.49. The van der Waals surface area contributed by atoms with Crippen LogP contribution in [0.2, 0.25) is 0 Å². The first-order valence-electron chi connectivity index (χ1n) is 5.84. The maximum atomic E-state index is 13.5. The largest absolute Gasteiger partial charge is 0.481 e. The van der Waals surface area contributed by atoms with Gasteiger partial charge in [-0.1, -0.05) is 13.0 Å². The quantitative estimate of drug-likeness (QED) is 0.892. The van der Waals surface area contributed by atoms with Gasteiger partial charge in [0.25, 0.3) is 5.91 Å². The van der Waals surface area contributed by atoms with E-state index in [1.165, 1.54) is 6.92 Å². The van der Waals surface area contributed by atoms with Gasteiger partial charge >= 0.3 is 5.97 Å². The summed E-state index contributed by atoms with van der Waals surface area (Å²) in [6.07, 6.45) is 0. The summed E-state index contributed by atoms with van der Waals surface area (Å²) in [5.74, 6) is -4.62. The van der Waals surface area contributed by atoms with Gasteiger partial charge in [0, 0.05) is 13.1 Å². The Morgan fingerprint density at radius 3 is 2.26 bits per heavy atom. The van der Waals surface area contributed by atoms with Gasteiger partial charge in [-0.2, -0.15) is 0 Å². The molecular formula is C13H15F2NO3. The van der Waals surface area contributed by atoms with Crippen LogP contribution in [0, 0.1) is 17.6 Å². The number of amides is 1. The van der Waals surface area contributed by atoms with Gasteiger partial charge in [-0.25, -0.2) is 8.78 Å². The Balaban J connectivity index is 2.99. The second-order valence-electron chi connectivity index (χ2n) is 4.18. The zero-order chi connectivity index (χ0) is 14.6. The summed E-state index contributed by atoms with van der Waals surface area (Å²) >= 11 is 0. The fraction of sp³-hybridized carbons (Fsp3) is 0.385. The highest BCUT2D eigenvalue weighted by Crippen LogP contribution is 2.15. The van der Waals surface area contributed by atoms with Crippen LogP contribution < -0.4 is 0 Å². The molecule has 1 rings (SSSR count). The first-order valence-corrected chi connectivity index (χ1v) is 5.84. The number of aliphatic carboxylic acids is 1. The van der Waals surface area contributed by atoms with Gasteiger partial charge in [0.2, 0.25) is 0 Å². The van der Waals surface area contributed by atoms with Gasteiger partial charge in [0.05, 0.1) is 5.92 Å². The third-order valence-corrected chi connectivity index (χ3v) is 2.76. The van der Waals surface area contributed by atoms with Crippen LogP contribution in [0.5, 0.6) is 0 Å². The Morgan fingerprint density at radius 1 is 1.32 bits per heavy atom. The highest BCUT2D eigenvalue weighted by atomic mass is 19.1. The van der Waals surface area contributed by atoms with Crippen molar-refractivity contribution < 1.29 is 23.5 Å². The molecule has 1 unspecified atom stereocenters. The van der Waals surface area contributed by atoms with Crippen LogP contribution in [0.3, 0.4) is 0 Å². The van der Waals surface area contributed by atoms with Crippen molar-refractivity contribution >= 4 is 11.9 Å². The molecule has 0 saturated heterocycles. The maximum Gasteiger partial charge on any atom is 0.308 e. The van der Waals surface area contributed by atoms with Crippen molar-refractivity contribution in [2.75, 3.05) is 13.1 Å². The predicted molar refractivity (Wildman–Crippen MR) is 64.7 cm³/mol. The second kappa shape index (κ2) is 6.26. The molecule has 4 nitrogen and oxygen atoms in total. The van der Waals surface area contributed by atoms with E-state index in [0.29, 0.717) is 0 Å². The summed E-state index contributed by atoms with van der Waals surface area (Å²) < 4.78 is 27.0. The van der Waals surface area contributed by atoms with Gasteiger partial charge in [0.1, 0.15) is 17.2 Å². The molecule has 19 heavy (non-hydrogen) atoms. The van der Waals surface area contributed by atoms with Gasteiger partial charge in [-0.15, -0.1) is 0 Å². The number of carbonyl (C=O) groups excluding carboxylic acids is 1. The topological polar surface area (TPSA) is 57.6 Å². The number of carbonyl (C=O) groups is 2. The SMILES string of the molecule is CCN(CC(C)C(=O)O)C(=O)c1c(F)cccc1F. The van der Waals surface area contributed by atoms with E-state index in [2.05, 4.69) is 0 Å². The minimum Gasteiger partial charge on any atom is -0.481 e. The van der Waals surface area contributed by atoms with E-state index < -0.39 is 35.0 Å². The van der Waals surface area contributed by atoms with E-state index in [0.717, 1.165) is 23.1 Å². The first-order chi connectivity index (χ1) is 8.88. The lowest BCUT2D eigenvalue weighted by Gasteiger charge is -2.23. The van der Waals surface area contributed by atoms with Crippen LogP contribution in [0.25, 0.3) is 0 Å². The first kappa shape index (κ1) is 15.1. The summed E-state index contributed by atoms with van der Waals surface area (Å²) in [6, 6.07) is 3.15. The molecule has 0 saturated carbocycles. The summed E-state index contributed by atoms with van der Waals surface area (Å²) in [4.78, 5) is 23.9. The van der Waals surface area contributed by atoms with Crippen LogP contribution in [-0.2, 0) is 4.79 Å². The molecule has 1 amide bonds. The Hall–Kier alpha value is -1.98. The van der Waals surface area contributed by atoms with Gasteiger partial charge < -0.3 is 10.0 Å². The van der Waals surface area contributed by atoms with Crippen molar-refractivity contribution in [1.82, 2.24) is 4.90 Å². The summed E-state index contributed by atoms with van der Waals surface area (Å²) in [7, 11) is 0. The average molecular weight is 271 g/mol. The molecule has 0 spiro atoms. The minimum atomic E-state index is -1.07. The summed E-state index contributed by atoms with van der Waals surface area (Å²) in [5, 5.41) is 8.80. The van der Waals surface area contributed by atoms with E-state index in [1.54, 1.807) is 6.92 Å². The molecule has 1 atom stereocenters. The van der Waals surface area contributed by atoms with E-state index in [1.807, 2.05) is 0 Å². The number of carboxylic acid groups (broad SMARTS) is 1. The lowest BCUT2D eigenvalue weighted by atomic mass is 10.1. The number of hydrogen-bond donors (Lipinski definition) is 1. The fourth-order valence-corrected chi connectivity index (χ4v) is 1.62. The van der Waals surface area contributed by atoms with Crippen LogP contribution >= 0.6 is 0 Å². The molecule has 0 fully saturated rings. The van der Waals surface area contributed by atoms with Gasteiger partial charge in [-0.05, 0) is 19.1 Å². The molecule has 0 bridgehead atoms. The average Bonchev–Trinajstić information content (AvgIpc) is 2.34. The smallest absolute Gasteiger partial charge is 0.308 e. The van der Waals surface area contributed by atoms with Gasteiger partial charge in [0.15, 0.2) is 0 Å². The Morgan fingerprint density at radius 2 is 1.84 bits per heavy atom. The van der Waals surface area contributed by atoms with Crippen molar-refractivity contribution in [3.05, 3.63) is 35.4 Å². The normalized spacial score (nSPS) is 12.0. The molecule has 0 heterocycles. The molecule has 0 radical (unpaired) electrons. The fourth-order valence-electron chi connectivity index (χ4n) is 1.62. The van der Waals surface area contributed by atoms with Crippen molar-refractivity contribution in [2.45, 2.75) is 13.8 Å². The molecule has 1 aromatic rings. The van der Waals surface area contributed by atoms with Crippen molar-refractivity contribution in [2.24, 2.45) is 5.92 Å². The van der Waals surface area contributed by atoms with Crippen molar-refractivity contribution in [1.29, 1.82) is 0 Å². The van der Waals surface area contributed by atoms with Crippen LogP contribution in [0.15, 0.2) is 18.2 Å². The highest BCUT2D eigenvalue weighted by Gasteiger charge is 2.25. The van der Waals surface area contributed by atoms with E-state index in [4.69, 9.17) is 5.11 Å². The molecule has 104 valence electrons. The van der Waals surface area contributed by atoms with E-state index in [9.17, 15) is 18.4 Å². The number of benzene rings is 1. The minimum absolute atomic E-state index is 0.0988. The number of nitrogens with zero attached hydrogens (tertiary/aromatic N) is 1. The molecule has 6 heteroatoms. The highest BCUT2D eigenvalue weighted by molar-refractivity contribution is 5.95. The molecule has 0 aliphatic carbocycles. The van der Waals surface area contributed by atoms with Crippen LogP contribution in [0.1, 0.15) is 24.2 Å². The lowest BCUT2D eigenvalue weighted by molar-refractivity contribution is -0.141. The summed E-state index contributed by atoms with van der Waals surface area (Å²) in [6.45, 7) is 3.11. The molecular weight excluding hydrogens is 256 g/mol. The second-order valence-corrected chi connectivity index (χ2v) is 4.18.